The molecule has 3 aromatic heterocycles. The van der Waals surface area contributed by atoms with Crippen LogP contribution in [-0.4, -0.2) is 32.9 Å². The van der Waals surface area contributed by atoms with Crippen LogP contribution in [-0.2, 0) is 7.05 Å². The van der Waals surface area contributed by atoms with Gasteiger partial charge in [0.15, 0.2) is 0 Å². The Labute approximate surface area is 154 Å². The molecule has 0 fully saturated rings. The highest BCUT2D eigenvalue weighted by Gasteiger charge is 2.20. The maximum Gasteiger partial charge on any atom is 0.259 e. The lowest BCUT2D eigenvalue weighted by Gasteiger charge is -2.09. The minimum atomic E-state index is -0.285. The van der Waals surface area contributed by atoms with Gasteiger partial charge in [-0.1, -0.05) is 5.16 Å². The second kappa shape index (κ2) is 6.56. The molecule has 136 valence electrons. The van der Waals surface area contributed by atoms with E-state index in [2.05, 4.69) is 20.6 Å². The molecule has 0 spiro atoms. The number of carbonyl (C=O) groups excluding carboxylic acids is 1. The van der Waals surface area contributed by atoms with Gasteiger partial charge in [0.25, 0.3) is 11.6 Å². The van der Waals surface area contributed by atoms with E-state index in [-0.39, 0.29) is 5.91 Å². The van der Waals surface area contributed by atoms with Crippen molar-refractivity contribution in [3.8, 4) is 17.0 Å². The van der Waals surface area contributed by atoms with Crippen LogP contribution in [0.25, 0.3) is 22.4 Å². The second-order valence-corrected chi connectivity index (χ2v) is 6.03. The molecule has 0 aliphatic rings. The fraction of sp³-hybridized carbons (Fsp3) is 0.158. The van der Waals surface area contributed by atoms with Crippen LogP contribution in [0.1, 0.15) is 16.1 Å². The second-order valence-electron chi connectivity index (χ2n) is 6.03. The number of ether oxygens (including phenoxy) is 1. The van der Waals surface area contributed by atoms with Gasteiger partial charge in [-0.05, 0) is 37.3 Å². The van der Waals surface area contributed by atoms with Crippen molar-refractivity contribution in [2.45, 2.75) is 6.92 Å². The van der Waals surface area contributed by atoms with Gasteiger partial charge in [-0.2, -0.15) is 5.10 Å². The number of nitrogens with zero attached hydrogens (tertiary/aromatic N) is 4. The van der Waals surface area contributed by atoms with Crippen molar-refractivity contribution in [3.05, 3.63) is 53.9 Å². The van der Waals surface area contributed by atoms with Gasteiger partial charge in [0, 0.05) is 18.7 Å². The van der Waals surface area contributed by atoms with Gasteiger partial charge < -0.3 is 14.6 Å². The molecule has 8 nitrogen and oxygen atoms in total. The molecule has 0 atom stereocenters. The summed E-state index contributed by atoms with van der Waals surface area (Å²) in [7, 11) is 3.36. The van der Waals surface area contributed by atoms with E-state index in [0.29, 0.717) is 33.9 Å². The van der Waals surface area contributed by atoms with Crippen LogP contribution >= 0.6 is 0 Å². The van der Waals surface area contributed by atoms with E-state index in [4.69, 9.17) is 9.26 Å². The van der Waals surface area contributed by atoms with Gasteiger partial charge in [-0.3, -0.25) is 9.48 Å². The zero-order valence-corrected chi connectivity index (χ0v) is 15.1. The van der Waals surface area contributed by atoms with Crippen LogP contribution in [0.15, 0.2) is 47.1 Å². The Morgan fingerprint density at radius 3 is 2.67 bits per heavy atom. The number of rotatable bonds is 4. The first-order valence-corrected chi connectivity index (χ1v) is 8.27. The van der Waals surface area contributed by atoms with Crippen molar-refractivity contribution in [3.63, 3.8) is 0 Å². The van der Waals surface area contributed by atoms with Gasteiger partial charge in [0.1, 0.15) is 11.6 Å². The summed E-state index contributed by atoms with van der Waals surface area (Å²) in [6.45, 7) is 1.78. The summed E-state index contributed by atoms with van der Waals surface area (Å²) in [5.41, 5.74) is 2.80. The number of amides is 1. The molecule has 1 N–H and O–H groups in total. The first-order chi connectivity index (χ1) is 13.1. The summed E-state index contributed by atoms with van der Waals surface area (Å²) >= 11 is 0. The number of aromatic nitrogens is 4. The van der Waals surface area contributed by atoms with Crippen LogP contribution < -0.4 is 10.1 Å². The molecule has 1 aromatic carbocycles. The third kappa shape index (κ3) is 3.01. The number of carbonyl (C=O) groups is 1. The maximum atomic E-state index is 12.9. The smallest absolute Gasteiger partial charge is 0.259 e. The number of fused-ring (bicyclic) bond motifs is 1. The summed E-state index contributed by atoms with van der Waals surface area (Å²) in [6.07, 6.45) is 1.62. The molecule has 0 aliphatic carbocycles. The standard InChI is InChI=1S/C19H17N5O3/c1-11-17-14(18(25)22-16-8-9-20-24(16)2)10-15(21-19(17)27-23-11)12-4-6-13(26-3)7-5-12/h4-10H,1-3H3,(H,22,25). The van der Waals surface area contributed by atoms with Crippen LogP contribution in [0.4, 0.5) is 5.82 Å². The number of nitrogens with one attached hydrogen (secondary N) is 1. The molecule has 0 radical (unpaired) electrons. The van der Waals surface area contributed by atoms with Crippen molar-refractivity contribution < 1.29 is 14.1 Å². The van der Waals surface area contributed by atoms with Crippen molar-refractivity contribution in [2.24, 2.45) is 7.05 Å². The summed E-state index contributed by atoms with van der Waals surface area (Å²) in [4.78, 5) is 17.5. The van der Waals surface area contributed by atoms with Crippen molar-refractivity contribution >= 4 is 22.8 Å². The van der Waals surface area contributed by atoms with Crippen LogP contribution in [0.3, 0.4) is 0 Å². The van der Waals surface area contributed by atoms with Crippen LogP contribution in [0, 0.1) is 6.92 Å². The third-order valence-electron chi connectivity index (χ3n) is 4.31. The number of benzene rings is 1. The zero-order valence-electron chi connectivity index (χ0n) is 15.1. The monoisotopic (exact) mass is 363 g/mol. The van der Waals surface area contributed by atoms with Crippen molar-refractivity contribution in [2.75, 3.05) is 12.4 Å². The first-order valence-electron chi connectivity index (χ1n) is 8.27. The Morgan fingerprint density at radius 2 is 2.00 bits per heavy atom. The molecular weight excluding hydrogens is 346 g/mol. The van der Waals surface area contributed by atoms with E-state index in [9.17, 15) is 4.79 Å². The average Bonchev–Trinajstić information content (AvgIpc) is 3.27. The fourth-order valence-electron chi connectivity index (χ4n) is 2.86. The fourth-order valence-corrected chi connectivity index (χ4v) is 2.86. The van der Waals surface area contributed by atoms with Crippen molar-refractivity contribution in [1.82, 2.24) is 19.9 Å². The van der Waals surface area contributed by atoms with E-state index >= 15 is 0 Å². The third-order valence-corrected chi connectivity index (χ3v) is 4.31. The summed E-state index contributed by atoms with van der Waals surface area (Å²) in [6, 6.07) is 10.9. The molecule has 3 heterocycles. The Bertz CT molecular complexity index is 1130. The number of aryl methyl sites for hydroxylation is 2. The minimum Gasteiger partial charge on any atom is -0.497 e. The topological polar surface area (TPSA) is 95.1 Å². The molecule has 4 rings (SSSR count). The number of hydrogen-bond donors (Lipinski definition) is 1. The minimum absolute atomic E-state index is 0.285. The molecule has 1 amide bonds. The first kappa shape index (κ1) is 16.8. The lowest BCUT2D eigenvalue weighted by Crippen LogP contribution is -2.15. The SMILES string of the molecule is COc1ccc(-c2cc(C(=O)Nc3ccnn3C)c3c(C)noc3n2)cc1. The number of anilines is 1. The Kier molecular flexibility index (Phi) is 4.08. The maximum absolute atomic E-state index is 12.9. The summed E-state index contributed by atoms with van der Waals surface area (Å²) in [5.74, 6) is 1.04. The Balaban J connectivity index is 1.81. The van der Waals surface area contributed by atoms with Crippen molar-refractivity contribution in [1.29, 1.82) is 0 Å². The van der Waals surface area contributed by atoms with Gasteiger partial charge >= 0.3 is 0 Å². The largest absolute Gasteiger partial charge is 0.497 e. The van der Waals surface area contributed by atoms with E-state index in [1.54, 1.807) is 44.1 Å². The highest BCUT2D eigenvalue weighted by atomic mass is 16.5. The molecule has 0 bridgehead atoms. The molecule has 0 saturated heterocycles. The number of pyridine rings is 1. The molecular formula is C19H17N5O3. The zero-order chi connectivity index (χ0) is 19.0. The Hall–Kier alpha value is -3.68. The lowest BCUT2D eigenvalue weighted by atomic mass is 10.0. The number of hydrogen-bond acceptors (Lipinski definition) is 6. The highest BCUT2D eigenvalue weighted by Crippen LogP contribution is 2.28. The van der Waals surface area contributed by atoms with E-state index < -0.39 is 0 Å². The van der Waals surface area contributed by atoms with Gasteiger partial charge in [-0.25, -0.2) is 4.98 Å². The lowest BCUT2D eigenvalue weighted by molar-refractivity contribution is 0.102. The highest BCUT2D eigenvalue weighted by molar-refractivity contribution is 6.12. The predicted molar refractivity (Wildman–Crippen MR) is 99.7 cm³/mol. The molecule has 8 heteroatoms. The van der Waals surface area contributed by atoms with E-state index in [1.165, 1.54) is 0 Å². The predicted octanol–water partition coefficient (Wildman–Crippen LogP) is 3.19. The van der Waals surface area contributed by atoms with Crippen LogP contribution in [0.5, 0.6) is 5.75 Å². The van der Waals surface area contributed by atoms with Gasteiger partial charge in [0.05, 0.1) is 35.6 Å². The normalized spacial score (nSPS) is 10.9. The molecule has 0 unspecified atom stereocenters. The Morgan fingerprint density at radius 1 is 1.22 bits per heavy atom. The van der Waals surface area contributed by atoms with Gasteiger partial charge in [-0.15, -0.1) is 0 Å². The quantitative estimate of drug-likeness (QED) is 0.598. The average molecular weight is 363 g/mol. The van der Waals surface area contributed by atoms with Crippen LogP contribution in [0.2, 0.25) is 0 Å². The number of methoxy groups -OCH3 is 1. The molecule has 0 saturated carbocycles. The van der Waals surface area contributed by atoms with E-state index in [1.807, 2.05) is 24.3 Å². The van der Waals surface area contributed by atoms with Gasteiger partial charge in [0.2, 0.25) is 0 Å². The molecule has 27 heavy (non-hydrogen) atoms. The van der Waals surface area contributed by atoms with E-state index in [0.717, 1.165) is 11.3 Å². The summed E-state index contributed by atoms with van der Waals surface area (Å²) in [5, 5.41) is 11.5. The molecule has 4 aromatic rings. The summed E-state index contributed by atoms with van der Waals surface area (Å²) < 4.78 is 12.1. The molecule has 0 aliphatic heterocycles.